The van der Waals surface area contributed by atoms with Crippen molar-refractivity contribution in [1.82, 2.24) is 0 Å². The first-order chi connectivity index (χ1) is 6.76. The number of halogens is 3. The van der Waals surface area contributed by atoms with Crippen molar-refractivity contribution in [2.45, 2.75) is 25.4 Å². The predicted molar refractivity (Wildman–Crippen MR) is 43.0 cm³/mol. The summed E-state index contributed by atoms with van der Waals surface area (Å²) in [7, 11) is 1.05. The van der Waals surface area contributed by atoms with Crippen LogP contribution in [0.3, 0.4) is 0 Å². The van der Waals surface area contributed by atoms with Crippen LogP contribution in [0.4, 0.5) is 13.2 Å². The van der Waals surface area contributed by atoms with E-state index in [2.05, 4.69) is 4.74 Å². The molecule has 88 valence electrons. The number of hydrogen-bond donors (Lipinski definition) is 1. The van der Waals surface area contributed by atoms with Gasteiger partial charge in [-0.25, -0.2) is 0 Å². The van der Waals surface area contributed by atoms with Gasteiger partial charge in [-0.1, -0.05) is 0 Å². The lowest BCUT2D eigenvalue weighted by Crippen LogP contribution is -2.21. The number of carboxylic acid groups (broad SMARTS) is 1. The van der Waals surface area contributed by atoms with Gasteiger partial charge in [0.15, 0.2) is 0 Å². The fraction of sp³-hybridized carbons (Fsp3) is 0.750. The van der Waals surface area contributed by atoms with E-state index in [1.165, 1.54) is 0 Å². The zero-order valence-electron chi connectivity index (χ0n) is 8.00. The largest absolute Gasteiger partial charge is 0.481 e. The molecule has 0 aromatic heterocycles. The topological polar surface area (TPSA) is 63.6 Å². The highest BCUT2D eigenvalue weighted by atomic mass is 19.4. The van der Waals surface area contributed by atoms with Gasteiger partial charge in [0.1, 0.15) is 0 Å². The molecule has 4 nitrogen and oxygen atoms in total. The number of rotatable bonds is 5. The first-order valence-electron chi connectivity index (χ1n) is 4.12. The number of aliphatic carboxylic acids is 1. The molecule has 0 amide bonds. The highest BCUT2D eigenvalue weighted by Crippen LogP contribution is 2.25. The van der Waals surface area contributed by atoms with Crippen LogP contribution in [-0.4, -0.2) is 30.3 Å². The number of carbonyl (C=O) groups is 2. The minimum atomic E-state index is -4.41. The molecule has 7 heteroatoms. The van der Waals surface area contributed by atoms with Crippen molar-refractivity contribution in [3.63, 3.8) is 0 Å². The quantitative estimate of drug-likeness (QED) is 0.726. The SMILES string of the molecule is COC(=O)C[C@@H](CCC(F)(F)F)C(=O)O. The standard InChI is InChI=1S/C8H11F3O4/c1-15-6(12)4-5(7(13)14)2-3-8(9,10)11/h5H,2-4H2,1H3,(H,13,14)/t5-/m1/s1. The minimum absolute atomic E-state index is 0.540. The van der Waals surface area contributed by atoms with E-state index in [0.717, 1.165) is 7.11 Å². The molecular formula is C8H11F3O4. The van der Waals surface area contributed by atoms with Crippen molar-refractivity contribution in [2.24, 2.45) is 5.92 Å². The van der Waals surface area contributed by atoms with E-state index in [9.17, 15) is 22.8 Å². The van der Waals surface area contributed by atoms with Gasteiger partial charge in [-0.3, -0.25) is 9.59 Å². The second-order valence-corrected chi connectivity index (χ2v) is 2.97. The summed E-state index contributed by atoms with van der Waals surface area (Å²) < 4.78 is 39.5. The van der Waals surface area contributed by atoms with Crippen LogP contribution in [0.2, 0.25) is 0 Å². The van der Waals surface area contributed by atoms with Gasteiger partial charge in [-0.2, -0.15) is 13.2 Å². The lowest BCUT2D eigenvalue weighted by atomic mass is 9.99. The molecule has 0 spiro atoms. The van der Waals surface area contributed by atoms with Crippen molar-refractivity contribution in [2.75, 3.05) is 7.11 Å². The van der Waals surface area contributed by atoms with Crippen LogP contribution in [0.15, 0.2) is 0 Å². The summed E-state index contributed by atoms with van der Waals surface area (Å²) in [5, 5.41) is 8.54. The van der Waals surface area contributed by atoms with Crippen LogP contribution in [-0.2, 0) is 14.3 Å². The van der Waals surface area contributed by atoms with Crippen molar-refractivity contribution in [3.8, 4) is 0 Å². The van der Waals surface area contributed by atoms with Gasteiger partial charge < -0.3 is 9.84 Å². The van der Waals surface area contributed by atoms with Gasteiger partial charge in [0, 0.05) is 6.42 Å². The molecule has 0 radical (unpaired) electrons. The highest BCUT2D eigenvalue weighted by Gasteiger charge is 2.31. The number of carboxylic acids is 1. The molecule has 0 aromatic carbocycles. The first-order valence-corrected chi connectivity index (χ1v) is 4.12. The summed E-state index contributed by atoms with van der Waals surface area (Å²) >= 11 is 0. The lowest BCUT2D eigenvalue weighted by Gasteiger charge is -2.12. The van der Waals surface area contributed by atoms with E-state index in [1.54, 1.807) is 0 Å². The maximum absolute atomic E-state index is 11.8. The molecule has 0 saturated carbocycles. The van der Waals surface area contributed by atoms with Crippen LogP contribution in [0.25, 0.3) is 0 Å². The Labute approximate surface area is 84.0 Å². The molecule has 0 fully saturated rings. The Balaban J connectivity index is 4.18. The van der Waals surface area contributed by atoms with E-state index in [0.29, 0.717) is 0 Å². The van der Waals surface area contributed by atoms with Crippen LogP contribution in [0, 0.1) is 5.92 Å². The number of carbonyl (C=O) groups excluding carboxylic acids is 1. The van der Waals surface area contributed by atoms with Crippen LogP contribution in [0.5, 0.6) is 0 Å². The van der Waals surface area contributed by atoms with E-state index in [4.69, 9.17) is 5.11 Å². The molecule has 0 saturated heterocycles. The van der Waals surface area contributed by atoms with E-state index in [-0.39, 0.29) is 0 Å². The number of methoxy groups -OCH3 is 1. The molecular weight excluding hydrogens is 217 g/mol. The third kappa shape index (κ3) is 6.75. The number of alkyl halides is 3. The fourth-order valence-electron chi connectivity index (χ4n) is 0.935. The van der Waals surface area contributed by atoms with Crippen molar-refractivity contribution in [1.29, 1.82) is 0 Å². The molecule has 0 bridgehead atoms. The average Bonchev–Trinajstić information content (AvgIpc) is 2.09. The Hall–Kier alpha value is -1.27. The Morgan fingerprint density at radius 3 is 2.27 bits per heavy atom. The first kappa shape index (κ1) is 13.7. The molecule has 0 aliphatic rings. The third-order valence-electron chi connectivity index (χ3n) is 1.77. The normalized spacial score (nSPS) is 13.3. The minimum Gasteiger partial charge on any atom is -0.481 e. The summed E-state index contributed by atoms with van der Waals surface area (Å²) in [5.74, 6) is -3.60. The summed E-state index contributed by atoms with van der Waals surface area (Å²) in [6.07, 6.45) is -6.79. The zero-order valence-corrected chi connectivity index (χ0v) is 8.00. The van der Waals surface area contributed by atoms with Gasteiger partial charge in [0.2, 0.25) is 0 Å². The van der Waals surface area contributed by atoms with Crippen molar-refractivity contribution >= 4 is 11.9 Å². The molecule has 0 heterocycles. The second-order valence-electron chi connectivity index (χ2n) is 2.97. The number of ether oxygens (including phenoxy) is 1. The van der Waals surface area contributed by atoms with Crippen molar-refractivity contribution in [3.05, 3.63) is 0 Å². The van der Waals surface area contributed by atoms with Crippen LogP contribution >= 0.6 is 0 Å². The summed E-state index contributed by atoms with van der Waals surface area (Å²) in [4.78, 5) is 21.2. The summed E-state index contributed by atoms with van der Waals surface area (Å²) in [6, 6.07) is 0. The molecule has 0 aromatic rings. The molecule has 0 rings (SSSR count). The fourth-order valence-corrected chi connectivity index (χ4v) is 0.935. The van der Waals surface area contributed by atoms with E-state index < -0.39 is 43.3 Å². The molecule has 0 aliphatic heterocycles. The van der Waals surface area contributed by atoms with Gasteiger partial charge in [-0.05, 0) is 6.42 Å². The molecule has 15 heavy (non-hydrogen) atoms. The monoisotopic (exact) mass is 228 g/mol. The molecule has 1 atom stereocenters. The van der Waals surface area contributed by atoms with E-state index in [1.807, 2.05) is 0 Å². The molecule has 0 aliphatic carbocycles. The maximum atomic E-state index is 11.8. The summed E-state index contributed by atoms with van der Waals surface area (Å²) in [5.41, 5.74) is 0. The Bertz CT molecular complexity index is 237. The van der Waals surface area contributed by atoms with E-state index >= 15 is 0 Å². The zero-order chi connectivity index (χ0) is 12.1. The number of hydrogen-bond acceptors (Lipinski definition) is 3. The lowest BCUT2D eigenvalue weighted by molar-refractivity contribution is -0.155. The van der Waals surface area contributed by atoms with Gasteiger partial charge in [-0.15, -0.1) is 0 Å². The van der Waals surface area contributed by atoms with Crippen molar-refractivity contribution < 1.29 is 32.6 Å². The summed E-state index contributed by atoms with van der Waals surface area (Å²) in [6.45, 7) is 0. The Morgan fingerprint density at radius 2 is 1.93 bits per heavy atom. The van der Waals surface area contributed by atoms with Gasteiger partial charge in [0.05, 0.1) is 19.4 Å². The van der Waals surface area contributed by atoms with Crippen LogP contribution in [0.1, 0.15) is 19.3 Å². The number of esters is 1. The third-order valence-corrected chi connectivity index (χ3v) is 1.77. The second kappa shape index (κ2) is 5.57. The molecule has 1 N–H and O–H groups in total. The van der Waals surface area contributed by atoms with Gasteiger partial charge >= 0.3 is 18.1 Å². The Morgan fingerprint density at radius 1 is 1.40 bits per heavy atom. The smallest absolute Gasteiger partial charge is 0.389 e. The maximum Gasteiger partial charge on any atom is 0.389 e. The van der Waals surface area contributed by atoms with Gasteiger partial charge in [0.25, 0.3) is 0 Å². The van der Waals surface area contributed by atoms with Crippen LogP contribution < -0.4 is 0 Å². The predicted octanol–water partition coefficient (Wildman–Crippen LogP) is 1.59. The Kier molecular flexibility index (Phi) is 5.10. The molecule has 0 unspecified atom stereocenters. The average molecular weight is 228 g/mol. The highest BCUT2D eigenvalue weighted by molar-refractivity contribution is 5.78.